The minimum absolute atomic E-state index is 0. The highest BCUT2D eigenvalue weighted by atomic mass is 35.5. The van der Waals surface area contributed by atoms with Crippen LogP contribution in [0.2, 0.25) is 0 Å². The van der Waals surface area contributed by atoms with Crippen LogP contribution in [0.1, 0.15) is 26.2 Å². The molecule has 3 unspecified atom stereocenters. The van der Waals surface area contributed by atoms with Crippen LogP contribution in [0.3, 0.4) is 0 Å². The minimum atomic E-state index is -0.398. The molecule has 0 bridgehead atoms. The number of hydrogen-bond donors (Lipinski definition) is 1. The number of β-amino-alcohol motifs (C(OH)–C–C–N with tert-alkyl or cyclic N) is 1. The second-order valence-corrected chi connectivity index (χ2v) is 7.39. The molecule has 1 N–H and O–H groups in total. The Labute approximate surface area is 175 Å². The molecule has 1 heterocycles. The summed E-state index contributed by atoms with van der Waals surface area (Å²) in [5.74, 6) is 1.56. The largest absolute Gasteiger partial charge is 0.495 e. The predicted octanol–water partition coefficient (Wildman–Crippen LogP) is 3.23. The molecule has 2 fully saturated rings. The van der Waals surface area contributed by atoms with E-state index in [9.17, 15) is 5.11 Å². The lowest BCUT2D eigenvalue weighted by molar-refractivity contribution is -0.0321. The van der Waals surface area contributed by atoms with Crippen molar-refractivity contribution in [2.24, 2.45) is 5.92 Å². The van der Waals surface area contributed by atoms with Gasteiger partial charge in [0.1, 0.15) is 5.75 Å². The Morgan fingerprint density at radius 1 is 1.11 bits per heavy atom. The number of anilines is 1. The average Bonchev–Trinajstić information content (AvgIpc) is 3.05. The highest BCUT2D eigenvalue weighted by Crippen LogP contribution is 2.29. The summed E-state index contributed by atoms with van der Waals surface area (Å²) >= 11 is 0. The molecule has 1 aliphatic carbocycles. The van der Waals surface area contributed by atoms with Gasteiger partial charge in [0.15, 0.2) is 0 Å². The van der Waals surface area contributed by atoms with Crippen LogP contribution in [-0.4, -0.2) is 68.7 Å². The van der Waals surface area contributed by atoms with Crippen molar-refractivity contribution >= 4 is 30.5 Å². The van der Waals surface area contributed by atoms with E-state index >= 15 is 0 Å². The fraction of sp³-hybridized carbons (Fsp3) is 0.700. The van der Waals surface area contributed by atoms with Gasteiger partial charge in [-0.15, -0.1) is 24.8 Å². The fourth-order valence-electron chi connectivity index (χ4n) is 4.01. The van der Waals surface area contributed by atoms with E-state index in [0.717, 1.165) is 44.0 Å². The number of nitrogens with zero attached hydrogens (tertiary/aromatic N) is 2. The van der Waals surface area contributed by atoms with Gasteiger partial charge in [0.25, 0.3) is 0 Å². The first-order valence-corrected chi connectivity index (χ1v) is 9.57. The molecule has 156 valence electrons. The third-order valence-corrected chi connectivity index (χ3v) is 5.55. The van der Waals surface area contributed by atoms with Crippen molar-refractivity contribution in [3.8, 4) is 5.75 Å². The summed E-state index contributed by atoms with van der Waals surface area (Å²) in [6.45, 7) is 7.22. The number of hydrogen-bond acceptors (Lipinski definition) is 5. The summed E-state index contributed by atoms with van der Waals surface area (Å²) in [6, 6.07) is 8.17. The molecule has 1 aromatic carbocycles. The molecule has 5 nitrogen and oxygen atoms in total. The second kappa shape index (κ2) is 12.0. The number of ether oxygens (including phenoxy) is 2. The first-order valence-electron chi connectivity index (χ1n) is 9.57. The quantitative estimate of drug-likeness (QED) is 0.733. The van der Waals surface area contributed by atoms with Crippen molar-refractivity contribution in [2.75, 3.05) is 51.3 Å². The zero-order chi connectivity index (χ0) is 17.6. The summed E-state index contributed by atoms with van der Waals surface area (Å²) in [4.78, 5) is 4.69. The van der Waals surface area contributed by atoms with Gasteiger partial charge in [-0.3, -0.25) is 4.90 Å². The molecule has 3 atom stereocenters. The van der Waals surface area contributed by atoms with E-state index in [1.165, 1.54) is 12.8 Å². The van der Waals surface area contributed by atoms with Gasteiger partial charge in [-0.2, -0.15) is 0 Å². The van der Waals surface area contributed by atoms with Crippen LogP contribution in [0.25, 0.3) is 0 Å². The van der Waals surface area contributed by atoms with Gasteiger partial charge < -0.3 is 19.5 Å². The monoisotopic (exact) mass is 420 g/mol. The molecule has 0 radical (unpaired) electrons. The van der Waals surface area contributed by atoms with E-state index in [4.69, 9.17) is 9.47 Å². The van der Waals surface area contributed by atoms with E-state index in [1.54, 1.807) is 7.11 Å². The Morgan fingerprint density at radius 2 is 1.81 bits per heavy atom. The first-order chi connectivity index (χ1) is 12.2. The Bertz CT molecular complexity index is 542. The predicted molar refractivity (Wildman–Crippen MR) is 115 cm³/mol. The number of aliphatic hydroxyl groups is 1. The lowest BCUT2D eigenvalue weighted by Gasteiger charge is -2.37. The minimum Gasteiger partial charge on any atom is -0.495 e. The van der Waals surface area contributed by atoms with Crippen LogP contribution < -0.4 is 9.64 Å². The number of para-hydroxylation sites is 2. The first kappa shape index (κ1) is 24.3. The normalized spacial score (nSPS) is 24.0. The SMILES string of the molecule is COc1ccccc1N1CCN(CC(O)COC2CCCC2C)CC1.Cl.Cl. The third-order valence-electron chi connectivity index (χ3n) is 5.55. The van der Waals surface area contributed by atoms with Crippen molar-refractivity contribution < 1.29 is 14.6 Å². The van der Waals surface area contributed by atoms with Gasteiger partial charge in [0.05, 0.1) is 31.6 Å². The van der Waals surface area contributed by atoms with Gasteiger partial charge in [-0.1, -0.05) is 25.5 Å². The van der Waals surface area contributed by atoms with Crippen LogP contribution in [0.5, 0.6) is 5.75 Å². The van der Waals surface area contributed by atoms with Crippen molar-refractivity contribution in [1.29, 1.82) is 0 Å². The maximum atomic E-state index is 10.3. The Hall–Kier alpha value is -0.720. The number of aliphatic hydroxyl groups excluding tert-OH is 1. The lowest BCUT2D eigenvalue weighted by Crippen LogP contribution is -2.49. The topological polar surface area (TPSA) is 45.2 Å². The Morgan fingerprint density at radius 3 is 2.44 bits per heavy atom. The summed E-state index contributed by atoms with van der Waals surface area (Å²) in [7, 11) is 1.72. The van der Waals surface area contributed by atoms with Crippen molar-refractivity contribution in [3.63, 3.8) is 0 Å². The van der Waals surface area contributed by atoms with Crippen LogP contribution >= 0.6 is 24.8 Å². The smallest absolute Gasteiger partial charge is 0.142 e. The molecule has 1 saturated carbocycles. The summed E-state index contributed by atoms with van der Waals surface area (Å²) < 4.78 is 11.4. The van der Waals surface area contributed by atoms with Crippen molar-refractivity contribution in [3.05, 3.63) is 24.3 Å². The van der Waals surface area contributed by atoms with E-state index in [1.807, 2.05) is 12.1 Å². The summed E-state index contributed by atoms with van der Waals surface area (Å²) in [5.41, 5.74) is 1.16. The van der Waals surface area contributed by atoms with Gasteiger partial charge >= 0.3 is 0 Å². The molecule has 2 aliphatic rings. The average molecular weight is 421 g/mol. The van der Waals surface area contributed by atoms with Gasteiger partial charge in [0.2, 0.25) is 0 Å². The van der Waals surface area contributed by atoms with Crippen LogP contribution in [0.4, 0.5) is 5.69 Å². The van der Waals surface area contributed by atoms with Gasteiger partial charge in [0, 0.05) is 32.7 Å². The van der Waals surface area contributed by atoms with Crippen molar-refractivity contribution in [2.45, 2.75) is 38.4 Å². The highest BCUT2D eigenvalue weighted by molar-refractivity contribution is 5.85. The Balaban J connectivity index is 0.00000182. The van der Waals surface area contributed by atoms with Crippen LogP contribution in [-0.2, 0) is 4.74 Å². The van der Waals surface area contributed by atoms with E-state index in [-0.39, 0.29) is 24.8 Å². The van der Waals surface area contributed by atoms with Gasteiger partial charge in [-0.05, 0) is 30.9 Å². The third kappa shape index (κ3) is 6.68. The maximum Gasteiger partial charge on any atom is 0.142 e. The lowest BCUT2D eigenvalue weighted by atomic mass is 10.1. The molecule has 1 saturated heterocycles. The molecule has 0 amide bonds. The zero-order valence-corrected chi connectivity index (χ0v) is 18.0. The maximum absolute atomic E-state index is 10.3. The molecule has 0 spiro atoms. The fourth-order valence-corrected chi connectivity index (χ4v) is 4.01. The van der Waals surface area contributed by atoms with E-state index in [0.29, 0.717) is 25.2 Å². The molecule has 0 aromatic heterocycles. The van der Waals surface area contributed by atoms with Crippen LogP contribution in [0.15, 0.2) is 24.3 Å². The second-order valence-electron chi connectivity index (χ2n) is 7.39. The molecule has 7 heteroatoms. The van der Waals surface area contributed by atoms with Gasteiger partial charge in [-0.25, -0.2) is 0 Å². The zero-order valence-electron chi connectivity index (χ0n) is 16.4. The molecular formula is C20H34Cl2N2O3. The molecule has 1 aliphatic heterocycles. The number of rotatable bonds is 7. The molecule has 3 rings (SSSR count). The summed E-state index contributed by atoms with van der Waals surface area (Å²) in [5, 5.41) is 10.3. The number of benzene rings is 1. The van der Waals surface area contributed by atoms with Crippen molar-refractivity contribution in [1.82, 2.24) is 4.90 Å². The standard InChI is InChI=1S/C20H32N2O3.2ClH/c1-16-6-5-9-19(16)25-15-17(23)14-21-10-12-22(13-11-21)18-7-3-4-8-20(18)24-2;;/h3-4,7-8,16-17,19,23H,5-6,9-15H2,1-2H3;2*1H. The van der Waals surface area contributed by atoms with Crippen LogP contribution in [0, 0.1) is 5.92 Å². The molecule has 1 aromatic rings. The molecular weight excluding hydrogens is 387 g/mol. The highest BCUT2D eigenvalue weighted by Gasteiger charge is 2.26. The number of methoxy groups -OCH3 is 1. The Kier molecular flexibility index (Phi) is 10.8. The molecule has 27 heavy (non-hydrogen) atoms. The van der Waals surface area contributed by atoms with E-state index < -0.39 is 6.10 Å². The number of halogens is 2. The number of piperazine rings is 1. The van der Waals surface area contributed by atoms with E-state index in [2.05, 4.69) is 28.9 Å². The summed E-state index contributed by atoms with van der Waals surface area (Å²) in [6.07, 6.45) is 3.60.